The molecule has 0 saturated carbocycles. The lowest BCUT2D eigenvalue weighted by Gasteiger charge is -2.32. The minimum Gasteiger partial charge on any atom is -0.496 e. The molecule has 3 unspecified atom stereocenters. The van der Waals surface area contributed by atoms with Gasteiger partial charge in [-0.05, 0) is 47.3 Å². The Balaban J connectivity index is 1.92. The summed E-state index contributed by atoms with van der Waals surface area (Å²) in [5.41, 5.74) is 0.177. The average Bonchev–Trinajstić information content (AvgIpc) is 2.94. The van der Waals surface area contributed by atoms with E-state index in [9.17, 15) is 9.59 Å². The summed E-state index contributed by atoms with van der Waals surface area (Å²) in [5, 5.41) is 1.10. The lowest BCUT2D eigenvalue weighted by molar-refractivity contribution is 0.0899. The van der Waals surface area contributed by atoms with Crippen molar-refractivity contribution < 1.29 is 28.5 Å². The summed E-state index contributed by atoms with van der Waals surface area (Å²) in [6.45, 7) is 6.23. The molecule has 0 aliphatic carbocycles. The fourth-order valence-electron chi connectivity index (χ4n) is 5.14. The van der Waals surface area contributed by atoms with Crippen LogP contribution in [0, 0.1) is 11.3 Å². The van der Waals surface area contributed by atoms with Crippen molar-refractivity contribution in [3.05, 3.63) is 77.9 Å². The Kier molecular flexibility index (Phi) is 10.5. The number of carbonyl (C=O) groups excluding carboxylic acids is 2. The van der Waals surface area contributed by atoms with E-state index in [1.165, 1.54) is 0 Å². The second-order valence-corrected chi connectivity index (χ2v) is 11.9. The van der Waals surface area contributed by atoms with Crippen molar-refractivity contribution in [3.63, 3.8) is 0 Å². The zero-order valence-electron chi connectivity index (χ0n) is 23.9. The summed E-state index contributed by atoms with van der Waals surface area (Å²) in [4.78, 5) is 27.7. The minimum absolute atomic E-state index is 0.0208. The number of carbonyl (C=O) groups is 2. The quantitative estimate of drug-likeness (QED) is 0.166. The largest absolute Gasteiger partial charge is 0.496 e. The van der Waals surface area contributed by atoms with Crippen LogP contribution in [0.15, 0.2) is 66.7 Å². The number of hydrogen-bond donors (Lipinski definition) is 0. The highest BCUT2D eigenvalue weighted by molar-refractivity contribution is 7.49. The first-order valence-corrected chi connectivity index (χ1v) is 14.0. The molecule has 0 saturated heterocycles. The summed E-state index contributed by atoms with van der Waals surface area (Å²) < 4.78 is 22.1. The smallest absolute Gasteiger partial charge is 0.178 e. The molecular formula is C32H39O6P. The van der Waals surface area contributed by atoms with Crippen LogP contribution in [0.3, 0.4) is 0 Å². The molecule has 208 valence electrons. The Hall–Kier alpha value is -3.37. The van der Waals surface area contributed by atoms with Gasteiger partial charge in [-0.25, -0.2) is 0 Å². The Labute approximate surface area is 233 Å². The fourth-order valence-corrected chi connectivity index (χ4v) is 6.56. The molecule has 3 aromatic carbocycles. The van der Waals surface area contributed by atoms with Gasteiger partial charge >= 0.3 is 0 Å². The third-order valence-electron chi connectivity index (χ3n) is 6.84. The molecule has 0 aliphatic rings. The van der Waals surface area contributed by atoms with Crippen LogP contribution in [-0.4, -0.2) is 45.7 Å². The number of benzene rings is 3. The monoisotopic (exact) mass is 550 g/mol. The number of methoxy groups -OCH3 is 4. The molecule has 3 atom stereocenters. The number of hydrogen-bond acceptors (Lipinski definition) is 6. The first kappa shape index (κ1) is 30.2. The van der Waals surface area contributed by atoms with Crippen LogP contribution in [0.2, 0.25) is 0 Å². The standard InChI is InChI=1S/C32H39O6P/c1-21(19-32(2,3)20-23(33)28-24(35-4)15-11-16-25(28)36-5)31(39-22-13-9-8-10-14-22)30(34)29-26(37-6)17-12-18-27(29)38-7/h8-18,21,31,39H,19-20H2,1-7H3. The van der Waals surface area contributed by atoms with Gasteiger partial charge in [0.25, 0.3) is 0 Å². The van der Waals surface area contributed by atoms with Gasteiger partial charge in [-0.3, -0.25) is 9.59 Å². The molecule has 0 fully saturated rings. The van der Waals surface area contributed by atoms with E-state index in [-0.39, 0.29) is 38.1 Å². The summed E-state index contributed by atoms with van der Waals surface area (Å²) in [6.07, 6.45) is 0.936. The van der Waals surface area contributed by atoms with Crippen molar-refractivity contribution in [1.82, 2.24) is 0 Å². The van der Waals surface area contributed by atoms with Crippen molar-refractivity contribution in [2.45, 2.75) is 39.3 Å². The number of ether oxygens (including phenoxy) is 4. The van der Waals surface area contributed by atoms with Gasteiger partial charge in [-0.1, -0.05) is 71.8 Å². The third-order valence-corrected chi connectivity index (χ3v) is 8.65. The van der Waals surface area contributed by atoms with Crippen LogP contribution in [0.4, 0.5) is 0 Å². The summed E-state index contributed by atoms with van der Waals surface area (Å²) in [7, 11) is 6.46. The average molecular weight is 551 g/mol. The zero-order chi connectivity index (χ0) is 28.6. The SMILES string of the molecule is COc1cccc(OC)c1C(=O)CC(C)(C)CC(C)C(Pc1ccccc1)C(=O)c1c(OC)cccc1OC. The van der Waals surface area contributed by atoms with Gasteiger partial charge in [0.2, 0.25) is 0 Å². The predicted octanol–water partition coefficient (Wildman–Crippen LogP) is 6.60. The van der Waals surface area contributed by atoms with Crippen LogP contribution in [0.5, 0.6) is 23.0 Å². The molecule has 0 aromatic heterocycles. The van der Waals surface area contributed by atoms with Crippen LogP contribution in [0.1, 0.15) is 54.3 Å². The first-order chi connectivity index (χ1) is 18.6. The van der Waals surface area contributed by atoms with Gasteiger partial charge in [0, 0.05) is 12.1 Å². The van der Waals surface area contributed by atoms with Crippen molar-refractivity contribution >= 4 is 25.5 Å². The Morgan fingerprint density at radius 2 is 1.18 bits per heavy atom. The predicted molar refractivity (Wildman–Crippen MR) is 158 cm³/mol. The molecule has 0 radical (unpaired) electrons. The maximum Gasteiger partial charge on any atom is 0.178 e. The molecule has 6 nitrogen and oxygen atoms in total. The summed E-state index contributed by atoms with van der Waals surface area (Å²) in [6, 6.07) is 20.8. The van der Waals surface area contributed by atoms with Crippen molar-refractivity contribution in [2.75, 3.05) is 28.4 Å². The van der Waals surface area contributed by atoms with E-state index < -0.39 is 5.41 Å². The highest BCUT2D eigenvalue weighted by atomic mass is 31.1. The van der Waals surface area contributed by atoms with Gasteiger partial charge in [0.15, 0.2) is 11.6 Å². The lowest BCUT2D eigenvalue weighted by Crippen LogP contribution is -2.31. The minimum atomic E-state index is -0.396. The van der Waals surface area contributed by atoms with Gasteiger partial charge < -0.3 is 18.9 Å². The third kappa shape index (κ3) is 7.39. The summed E-state index contributed by atoms with van der Waals surface area (Å²) >= 11 is 0. The Morgan fingerprint density at radius 1 is 0.718 bits per heavy atom. The van der Waals surface area contributed by atoms with E-state index in [0.717, 1.165) is 5.30 Å². The lowest BCUT2D eigenvalue weighted by atomic mass is 9.76. The first-order valence-electron chi connectivity index (χ1n) is 13.0. The molecule has 39 heavy (non-hydrogen) atoms. The molecule has 0 spiro atoms. The van der Waals surface area contributed by atoms with Crippen LogP contribution in [0.25, 0.3) is 0 Å². The van der Waals surface area contributed by atoms with Crippen LogP contribution < -0.4 is 24.3 Å². The van der Waals surface area contributed by atoms with Gasteiger partial charge in [0.1, 0.15) is 34.1 Å². The number of ketones is 2. The van der Waals surface area contributed by atoms with E-state index in [1.54, 1.807) is 58.8 Å². The molecule has 3 aromatic rings. The Morgan fingerprint density at radius 3 is 1.64 bits per heavy atom. The van der Waals surface area contributed by atoms with E-state index >= 15 is 0 Å². The van der Waals surface area contributed by atoms with Crippen LogP contribution >= 0.6 is 8.58 Å². The number of Topliss-reactive ketones (excluding diaryl/α,β-unsaturated/α-hetero) is 2. The molecule has 0 bridgehead atoms. The second-order valence-electron chi connectivity index (χ2n) is 10.4. The molecule has 0 aliphatic heterocycles. The number of rotatable bonds is 14. The van der Waals surface area contributed by atoms with Crippen molar-refractivity contribution in [3.8, 4) is 23.0 Å². The Bertz CT molecular complexity index is 1230. The summed E-state index contributed by atoms with van der Waals surface area (Å²) in [5.74, 6) is 1.86. The van der Waals surface area contributed by atoms with Gasteiger partial charge in [0.05, 0.1) is 28.4 Å². The van der Waals surface area contributed by atoms with Gasteiger partial charge in [-0.15, -0.1) is 0 Å². The maximum absolute atomic E-state index is 14.2. The molecule has 3 rings (SSSR count). The van der Waals surface area contributed by atoms with E-state index in [1.807, 2.05) is 36.4 Å². The molecular weight excluding hydrogens is 511 g/mol. The molecule has 0 N–H and O–H groups in total. The zero-order valence-corrected chi connectivity index (χ0v) is 24.9. The highest BCUT2D eigenvalue weighted by Crippen LogP contribution is 2.42. The second kappa shape index (κ2) is 13.6. The van der Waals surface area contributed by atoms with Crippen molar-refractivity contribution in [2.24, 2.45) is 11.3 Å². The van der Waals surface area contributed by atoms with E-state index in [0.29, 0.717) is 40.5 Å². The van der Waals surface area contributed by atoms with Crippen molar-refractivity contribution in [1.29, 1.82) is 0 Å². The molecule has 0 heterocycles. The van der Waals surface area contributed by atoms with E-state index in [4.69, 9.17) is 18.9 Å². The molecule has 0 amide bonds. The van der Waals surface area contributed by atoms with Gasteiger partial charge in [-0.2, -0.15) is 0 Å². The maximum atomic E-state index is 14.2. The highest BCUT2D eigenvalue weighted by Gasteiger charge is 2.35. The fraction of sp³-hybridized carbons (Fsp3) is 0.375. The molecule has 7 heteroatoms. The normalized spacial score (nSPS) is 13.1. The van der Waals surface area contributed by atoms with E-state index in [2.05, 4.69) is 20.8 Å². The topological polar surface area (TPSA) is 71.1 Å². The van der Waals surface area contributed by atoms with Crippen LogP contribution in [-0.2, 0) is 0 Å².